The molecule has 4 aromatic rings. The fraction of sp³-hybridized carbons (Fsp3) is 0.154. The number of anilines is 3. The summed E-state index contributed by atoms with van der Waals surface area (Å²) in [6, 6.07) is 15.8. The number of hydrazine groups is 1. The molecule has 0 spiro atoms. The summed E-state index contributed by atoms with van der Waals surface area (Å²) in [5.74, 6) is -6.80. The van der Waals surface area contributed by atoms with Crippen LogP contribution in [0, 0.1) is 21.7 Å². The van der Waals surface area contributed by atoms with Gasteiger partial charge in [-0.05, 0) is 48.9 Å². The topological polar surface area (TPSA) is 259 Å². The molecule has 0 saturated carbocycles. The number of benzene rings is 4. The van der Waals surface area contributed by atoms with Crippen LogP contribution >= 0.6 is 0 Å². The van der Waals surface area contributed by atoms with E-state index in [2.05, 4.69) is 31.3 Å². The third-order valence-corrected chi connectivity index (χ3v) is 8.77. The number of aromatic hydroxyl groups is 1. The average Bonchev–Trinajstić information content (AvgIpc) is 3.20. The van der Waals surface area contributed by atoms with Gasteiger partial charge in [-0.15, -0.1) is 0 Å². The minimum atomic E-state index is -1.52. The van der Waals surface area contributed by atoms with Crippen molar-refractivity contribution in [1.29, 1.82) is 0 Å². The zero-order valence-corrected chi connectivity index (χ0v) is 30.7. The van der Waals surface area contributed by atoms with Gasteiger partial charge in [0.25, 0.3) is 5.91 Å². The van der Waals surface area contributed by atoms with Gasteiger partial charge in [-0.2, -0.15) is 4.98 Å². The summed E-state index contributed by atoms with van der Waals surface area (Å²) in [6.07, 6.45) is 0.512. The van der Waals surface area contributed by atoms with Crippen molar-refractivity contribution in [2.75, 3.05) is 30.3 Å². The molecule has 2 heterocycles. The molecule has 1 aliphatic carbocycles. The Bertz CT molecular complexity index is 2660. The smallest absolute Gasteiger partial charge is 0.336 e. The Morgan fingerprint density at radius 1 is 0.949 bits per heavy atom. The lowest BCUT2D eigenvalue weighted by atomic mass is 9.89. The van der Waals surface area contributed by atoms with E-state index < -0.39 is 62.7 Å². The highest BCUT2D eigenvalue weighted by molar-refractivity contribution is 6.09. The lowest BCUT2D eigenvalue weighted by Gasteiger charge is -2.22. The van der Waals surface area contributed by atoms with Crippen molar-refractivity contribution >= 4 is 57.8 Å². The van der Waals surface area contributed by atoms with Gasteiger partial charge < -0.3 is 30.6 Å². The molecule has 59 heavy (non-hydrogen) atoms. The van der Waals surface area contributed by atoms with Crippen molar-refractivity contribution in [3.05, 3.63) is 122 Å². The first-order chi connectivity index (χ1) is 28.2. The van der Waals surface area contributed by atoms with E-state index in [9.17, 15) is 53.1 Å². The number of carbonyl (C=O) groups is 4. The molecular formula is C39H32F2N8O10. The molecule has 0 radical (unpaired) electrons. The van der Waals surface area contributed by atoms with Crippen LogP contribution in [0.1, 0.15) is 40.5 Å². The maximum absolute atomic E-state index is 14.6. The van der Waals surface area contributed by atoms with Crippen molar-refractivity contribution in [2.45, 2.75) is 19.8 Å². The number of nitro groups is 1. The van der Waals surface area contributed by atoms with E-state index in [0.717, 1.165) is 41.5 Å². The molecule has 3 amide bonds. The number of amides is 3. The standard InChI is InChI=1S/C39H32F2N8O10/c1-2-48(47-33(52)10-12-42-36-28(49(57)58)19-44-39(46-36)45-21-6-4-3-5-7-21)34(53)11-13-43-37(54)20-8-9-22(23(14-20)38(55)56)35-24-15-26(40)29(50)17-31(24)59-32-18-30(51)27(41)16-25(32)35/h3-9,14-19,50H,2,10-13H2,1H3,(H,43,54)(H,47,52)(H,55,56)(H2,42,44,45,46). The van der Waals surface area contributed by atoms with Crippen LogP contribution in [0.5, 0.6) is 5.75 Å². The SMILES string of the molecule is CCN(NC(=O)CCNc1nc(Nc2ccccc2)ncc1[N+](=O)[O-])C(=O)CCNC(=O)c1ccc(-c2c3cc(F)c(=O)cc-3oc3cc(O)c(F)cc23)c(C(=O)O)c1. The summed E-state index contributed by atoms with van der Waals surface area (Å²) in [4.78, 5) is 82.4. The summed E-state index contributed by atoms with van der Waals surface area (Å²) < 4.78 is 34.7. The van der Waals surface area contributed by atoms with Crippen molar-refractivity contribution < 1.29 is 47.5 Å². The van der Waals surface area contributed by atoms with Crippen LogP contribution in [0.15, 0.2) is 88.2 Å². The number of fused-ring (bicyclic) bond motifs is 2. The van der Waals surface area contributed by atoms with Crippen LogP contribution in [0.3, 0.4) is 0 Å². The van der Waals surface area contributed by atoms with Gasteiger partial charge in [0.2, 0.25) is 29.0 Å². The third-order valence-electron chi connectivity index (χ3n) is 8.77. The minimum absolute atomic E-state index is 0.0426. The number of para-hydroxylation sites is 1. The second-order valence-corrected chi connectivity index (χ2v) is 12.7. The second kappa shape index (κ2) is 17.4. The monoisotopic (exact) mass is 810 g/mol. The number of aromatic carboxylic acids is 1. The summed E-state index contributed by atoms with van der Waals surface area (Å²) in [5.41, 5.74) is 0.663. The Labute approximate surface area is 331 Å². The summed E-state index contributed by atoms with van der Waals surface area (Å²) in [7, 11) is 0. The molecule has 0 unspecified atom stereocenters. The van der Waals surface area contributed by atoms with Gasteiger partial charge in [-0.3, -0.25) is 39.7 Å². The first-order valence-electron chi connectivity index (χ1n) is 17.7. The number of nitrogens with zero attached hydrogens (tertiary/aromatic N) is 4. The van der Waals surface area contributed by atoms with E-state index in [1.54, 1.807) is 37.3 Å². The zero-order chi connectivity index (χ0) is 42.4. The fourth-order valence-corrected chi connectivity index (χ4v) is 5.96. The molecule has 2 aliphatic rings. The number of carboxylic acid groups (broad SMARTS) is 1. The number of aromatic nitrogens is 2. The zero-order valence-electron chi connectivity index (χ0n) is 30.7. The van der Waals surface area contributed by atoms with Crippen molar-refractivity contribution in [3.63, 3.8) is 0 Å². The van der Waals surface area contributed by atoms with Crippen LogP contribution < -0.4 is 26.8 Å². The molecule has 0 saturated heterocycles. The van der Waals surface area contributed by atoms with Crippen LogP contribution in [0.2, 0.25) is 0 Å². The Hall–Kier alpha value is -8.03. The van der Waals surface area contributed by atoms with Gasteiger partial charge in [0.05, 0.1) is 10.5 Å². The molecule has 6 N–H and O–H groups in total. The van der Waals surface area contributed by atoms with Gasteiger partial charge in [-0.25, -0.2) is 18.6 Å². The number of hydrogen-bond donors (Lipinski definition) is 6. The van der Waals surface area contributed by atoms with Gasteiger partial charge in [0.1, 0.15) is 17.5 Å². The molecular weight excluding hydrogens is 778 g/mol. The lowest BCUT2D eigenvalue weighted by Crippen LogP contribution is -2.47. The van der Waals surface area contributed by atoms with E-state index in [1.807, 2.05) is 0 Å². The van der Waals surface area contributed by atoms with Gasteiger partial charge in [-0.1, -0.05) is 24.3 Å². The molecule has 1 aromatic heterocycles. The number of phenols is 1. The normalized spacial score (nSPS) is 10.9. The Morgan fingerprint density at radius 2 is 1.71 bits per heavy atom. The highest BCUT2D eigenvalue weighted by Crippen LogP contribution is 2.43. The van der Waals surface area contributed by atoms with E-state index >= 15 is 0 Å². The van der Waals surface area contributed by atoms with Crippen LogP contribution in [-0.2, 0) is 9.59 Å². The van der Waals surface area contributed by atoms with Crippen molar-refractivity contribution in [1.82, 2.24) is 25.7 Å². The Kier molecular flexibility index (Phi) is 12.0. The number of halogens is 2. The van der Waals surface area contributed by atoms with Gasteiger partial charge >= 0.3 is 11.7 Å². The van der Waals surface area contributed by atoms with E-state index in [0.29, 0.717) is 5.69 Å². The number of nitrogens with one attached hydrogen (secondary N) is 4. The molecule has 18 nitrogen and oxygen atoms in total. The number of hydrogen-bond acceptors (Lipinski definition) is 13. The number of rotatable bonds is 14. The first-order valence-corrected chi connectivity index (χ1v) is 17.7. The second-order valence-electron chi connectivity index (χ2n) is 12.7. The third kappa shape index (κ3) is 9.17. The van der Waals surface area contributed by atoms with E-state index in [-0.39, 0.29) is 83.2 Å². The predicted octanol–water partition coefficient (Wildman–Crippen LogP) is 5.19. The molecule has 6 rings (SSSR count). The summed E-state index contributed by atoms with van der Waals surface area (Å²) in [5, 5.41) is 40.8. The Balaban J connectivity index is 1.09. The lowest BCUT2D eigenvalue weighted by molar-refractivity contribution is -0.384. The maximum Gasteiger partial charge on any atom is 0.336 e. The van der Waals surface area contributed by atoms with E-state index in [4.69, 9.17) is 4.42 Å². The summed E-state index contributed by atoms with van der Waals surface area (Å²) >= 11 is 0. The number of carbonyl (C=O) groups excluding carboxylic acids is 3. The minimum Gasteiger partial charge on any atom is -0.505 e. The molecule has 1 aliphatic heterocycles. The maximum atomic E-state index is 14.6. The quantitative estimate of drug-likeness (QED) is 0.0470. The number of carboxylic acids is 1. The predicted molar refractivity (Wildman–Crippen MR) is 207 cm³/mol. The summed E-state index contributed by atoms with van der Waals surface area (Å²) in [6.45, 7) is 1.30. The molecule has 302 valence electrons. The molecule has 3 aromatic carbocycles. The van der Waals surface area contributed by atoms with Crippen LogP contribution in [0.25, 0.3) is 33.4 Å². The molecule has 0 atom stereocenters. The van der Waals surface area contributed by atoms with Crippen LogP contribution in [0.4, 0.5) is 31.9 Å². The number of phenolic OH excluding ortho intramolecular Hbond substituents is 1. The highest BCUT2D eigenvalue weighted by Gasteiger charge is 2.26. The van der Waals surface area contributed by atoms with Gasteiger partial charge in [0.15, 0.2) is 17.4 Å². The van der Waals surface area contributed by atoms with E-state index in [1.165, 1.54) is 12.1 Å². The van der Waals surface area contributed by atoms with Crippen molar-refractivity contribution in [3.8, 4) is 28.2 Å². The van der Waals surface area contributed by atoms with Gasteiger partial charge in [0, 0.05) is 72.4 Å². The van der Waals surface area contributed by atoms with Crippen LogP contribution in [-0.4, -0.2) is 73.4 Å². The first kappa shape index (κ1) is 40.6. The average molecular weight is 811 g/mol. The largest absolute Gasteiger partial charge is 0.505 e. The highest BCUT2D eigenvalue weighted by atomic mass is 19.1. The Morgan fingerprint density at radius 3 is 2.42 bits per heavy atom. The fourth-order valence-electron chi connectivity index (χ4n) is 5.96. The molecule has 0 bridgehead atoms. The molecule has 0 fully saturated rings. The molecule has 20 heteroatoms. The van der Waals surface area contributed by atoms with Crippen molar-refractivity contribution in [2.24, 2.45) is 0 Å².